The van der Waals surface area contributed by atoms with Crippen LogP contribution in [0.15, 0.2) is 24.3 Å². The number of hydrogen-bond donors (Lipinski definition) is 0. The van der Waals surface area contributed by atoms with Crippen molar-refractivity contribution in [2.75, 3.05) is 19.7 Å². The number of hydrogen-bond acceptors (Lipinski definition) is 4. The molecular weight excluding hydrogens is 311 g/mol. The van der Waals surface area contributed by atoms with Crippen LogP contribution >= 0.6 is 0 Å². The molecule has 1 saturated heterocycles. The number of rotatable bonds is 4. The van der Waals surface area contributed by atoms with Crippen LogP contribution in [0, 0.1) is 12.7 Å². The van der Waals surface area contributed by atoms with Crippen LogP contribution in [0.3, 0.4) is 0 Å². The van der Waals surface area contributed by atoms with E-state index in [0.29, 0.717) is 36.8 Å². The van der Waals surface area contributed by atoms with Gasteiger partial charge in [-0.25, -0.2) is 9.07 Å². The molecule has 0 spiro atoms. The van der Waals surface area contributed by atoms with Crippen LogP contribution in [-0.4, -0.2) is 51.6 Å². The van der Waals surface area contributed by atoms with Crippen molar-refractivity contribution in [1.82, 2.24) is 19.9 Å². The average molecular weight is 332 g/mol. The summed E-state index contributed by atoms with van der Waals surface area (Å²) >= 11 is 0. The van der Waals surface area contributed by atoms with Crippen molar-refractivity contribution in [2.45, 2.75) is 32.8 Å². The van der Waals surface area contributed by atoms with Crippen LogP contribution in [0.4, 0.5) is 4.39 Å². The summed E-state index contributed by atoms with van der Waals surface area (Å²) < 4.78 is 20.3. The Labute approximate surface area is 140 Å². The second kappa shape index (κ2) is 7.09. The molecule has 128 valence electrons. The van der Waals surface area contributed by atoms with E-state index in [0.717, 1.165) is 12.8 Å². The van der Waals surface area contributed by atoms with Crippen LogP contribution in [0.25, 0.3) is 5.69 Å². The highest BCUT2D eigenvalue weighted by atomic mass is 19.1. The van der Waals surface area contributed by atoms with Crippen molar-refractivity contribution in [1.29, 1.82) is 0 Å². The molecule has 1 atom stereocenters. The Bertz CT molecular complexity index is 712. The summed E-state index contributed by atoms with van der Waals surface area (Å²) in [5.41, 5.74) is 1.65. The molecule has 0 saturated carbocycles. The van der Waals surface area contributed by atoms with Gasteiger partial charge < -0.3 is 9.64 Å². The maximum Gasteiger partial charge on any atom is 0.276 e. The first-order valence-electron chi connectivity index (χ1n) is 8.19. The normalized spacial score (nSPS) is 18.0. The van der Waals surface area contributed by atoms with E-state index in [1.807, 2.05) is 6.92 Å². The van der Waals surface area contributed by atoms with E-state index in [9.17, 15) is 9.18 Å². The minimum atomic E-state index is -0.317. The van der Waals surface area contributed by atoms with Gasteiger partial charge in [-0.2, -0.15) is 0 Å². The number of ether oxygens (including phenoxy) is 1. The maximum absolute atomic E-state index is 13.1. The van der Waals surface area contributed by atoms with Crippen molar-refractivity contribution in [3.05, 3.63) is 41.5 Å². The van der Waals surface area contributed by atoms with E-state index < -0.39 is 0 Å². The summed E-state index contributed by atoms with van der Waals surface area (Å²) in [6.45, 7) is 5.67. The fourth-order valence-electron chi connectivity index (χ4n) is 3.00. The van der Waals surface area contributed by atoms with Gasteiger partial charge in [0.25, 0.3) is 5.91 Å². The lowest BCUT2D eigenvalue weighted by Gasteiger charge is -2.32. The molecule has 7 heteroatoms. The number of halogens is 1. The van der Waals surface area contributed by atoms with Gasteiger partial charge in [0.1, 0.15) is 5.82 Å². The molecule has 1 amide bonds. The smallest absolute Gasteiger partial charge is 0.276 e. The molecule has 0 aliphatic carbocycles. The van der Waals surface area contributed by atoms with Crippen molar-refractivity contribution in [2.24, 2.45) is 0 Å². The van der Waals surface area contributed by atoms with Crippen LogP contribution in [-0.2, 0) is 4.74 Å². The summed E-state index contributed by atoms with van der Waals surface area (Å²) in [6.07, 6.45) is 1.97. The number of likely N-dealkylation sites (tertiary alicyclic amines) is 1. The highest BCUT2D eigenvalue weighted by Crippen LogP contribution is 2.18. The van der Waals surface area contributed by atoms with E-state index in [1.165, 1.54) is 12.1 Å². The highest BCUT2D eigenvalue weighted by molar-refractivity contribution is 5.93. The predicted molar refractivity (Wildman–Crippen MR) is 86.6 cm³/mol. The first kappa shape index (κ1) is 16.6. The molecule has 1 fully saturated rings. The quantitative estimate of drug-likeness (QED) is 0.862. The third-order valence-corrected chi connectivity index (χ3v) is 4.24. The van der Waals surface area contributed by atoms with Crippen molar-refractivity contribution >= 4 is 5.91 Å². The minimum Gasteiger partial charge on any atom is -0.377 e. The Morgan fingerprint density at radius 3 is 2.83 bits per heavy atom. The van der Waals surface area contributed by atoms with Gasteiger partial charge in [0, 0.05) is 19.7 Å². The SMILES string of the molecule is CCO[C@H]1CCCN(C(=O)c2nnn(-c3ccc(F)cc3)c2C)C1. The average Bonchev–Trinajstić information content (AvgIpc) is 2.97. The lowest BCUT2D eigenvalue weighted by atomic mass is 10.1. The maximum atomic E-state index is 13.1. The number of benzene rings is 1. The topological polar surface area (TPSA) is 60.2 Å². The molecule has 2 aromatic rings. The summed E-state index contributed by atoms with van der Waals surface area (Å²) in [7, 11) is 0. The van der Waals surface area contributed by atoms with Gasteiger partial charge >= 0.3 is 0 Å². The zero-order chi connectivity index (χ0) is 17.1. The van der Waals surface area contributed by atoms with Gasteiger partial charge in [-0.15, -0.1) is 5.10 Å². The Hall–Kier alpha value is -2.28. The van der Waals surface area contributed by atoms with E-state index in [4.69, 9.17) is 4.74 Å². The fourth-order valence-corrected chi connectivity index (χ4v) is 3.00. The molecular formula is C17H21FN4O2. The van der Waals surface area contributed by atoms with E-state index in [1.54, 1.807) is 28.6 Å². The van der Waals surface area contributed by atoms with Gasteiger partial charge in [0.15, 0.2) is 5.69 Å². The summed E-state index contributed by atoms with van der Waals surface area (Å²) in [5, 5.41) is 8.10. The van der Waals surface area contributed by atoms with E-state index in [2.05, 4.69) is 10.3 Å². The Morgan fingerprint density at radius 2 is 2.12 bits per heavy atom. The zero-order valence-electron chi connectivity index (χ0n) is 13.9. The molecule has 1 aromatic carbocycles. The first-order chi connectivity index (χ1) is 11.6. The van der Waals surface area contributed by atoms with Gasteiger partial charge in [-0.3, -0.25) is 4.79 Å². The second-order valence-corrected chi connectivity index (χ2v) is 5.88. The number of carbonyl (C=O) groups excluding carboxylic acids is 1. The van der Waals surface area contributed by atoms with Gasteiger partial charge in [-0.1, -0.05) is 5.21 Å². The molecule has 2 heterocycles. The fraction of sp³-hybridized carbons (Fsp3) is 0.471. The summed E-state index contributed by atoms with van der Waals surface area (Å²) in [5.74, 6) is -0.451. The Kier molecular flexibility index (Phi) is 4.89. The third kappa shape index (κ3) is 3.31. The zero-order valence-corrected chi connectivity index (χ0v) is 13.9. The lowest BCUT2D eigenvalue weighted by Crippen LogP contribution is -2.43. The standard InChI is InChI=1S/C17H21FN4O2/c1-3-24-15-5-4-10-21(11-15)17(23)16-12(2)22(20-19-16)14-8-6-13(18)7-9-14/h6-9,15H,3-5,10-11H2,1-2H3/t15-/m0/s1. The van der Waals surface area contributed by atoms with Gasteiger partial charge in [0.2, 0.25) is 0 Å². The van der Waals surface area contributed by atoms with Crippen molar-refractivity contribution in [3.8, 4) is 5.69 Å². The molecule has 3 rings (SSSR count). The molecule has 0 bridgehead atoms. The first-order valence-corrected chi connectivity index (χ1v) is 8.19. The van der Waals surface area contributed by atoms with Gasteiger partial charge in [0.05, 0.1) is 17.5 Å². The molecule has 1 aromatic heterocycles. The van der Waals surface area contributed by atoms with Crippen LogP contribution in [0.5, 0.6) is 0 Å². The summed E-state index contributed by atoms with van der Waals surface area (Å²) in [4.78, 5) is 14.5. The van der Waals surface area contributed by atoms with Crippen molar-refractivity contribution in [3.63, 3.8) is 0 Å². The molecule has 24 heavy (non-hydrogen) atoms. The monoisotopic (exact) mass is 332 g/mol. The Balaban J connectivity index is 1.80. The number of aromatic nitrogens is 3. The molecule has 1 aliphatic rings. The van der Waals surface area contributed by atoms with Crippen LogP contribution in [0.2, 0.25) is 0 Å². The second-order valence-electron chi connectivity index (χ2n) is 5.88. The molecule has 1 aliphatic heterocycles. The van der Waals surface area contributed by atoms with Crippen LogP contribution < -0.4 is 0 Å². The van der Waals surface area contributed by atoms with Crippen LogP contribution in [0.1, 0.15) is 35.9 Å². The van der Waals surface area contributed by atoms with E-state index >= 15 is 0 Å². The molecule has 0 unspecified atom stereocenters. The number of piperidine rings is 1. The molecule has 0 N–H and O–H groups in total. The van der Waals surface area contributed by atoms with E-state index in [-0.39, 0.29) is 17.8 Å². The number of amides is 1. The number of carbonyl (C=O) groups is 1. The summed E-state index contributed by atoms with van der Waals surface area (Å²) in [6, 6.07) is 5.93. The molecule has 0 radical (unpaired) electrons. The highest BCUT2D eigenvalue weighted by Gasteiger charge is 2.28. The Morgan fingerprint density at radius 1 is 1.38 bits per heavy atom. The predicted octanol–water partition coefficient (Wildman–Crippen LogP) is 2.36. The molecule has 6 nitrogen and oxygen atoms in total. The minimum absolute atomic E-state index is 0.0835. The number of nitrogens with zero attached hydrogens (tertiary/aromatic N) is 4. The largest absolute Gasteiger partial charge is 0.377 e. The van der Waals surface area contributed by atoms with Gasteiger partial charge in [-0.05, 0) is 51.0 Å². The lowest BCUT2D eigenvalue weighted by molar-refractivity contribution is 0.00700. The third-order valence-electron chi connectivity index (χ3n) is 4.24. The van der Waals surface area contributed by atoms with Crippen molar-refractivity contribution < 1.29 is 13.9 Å².